The van der Waals surface area contributed by atoms with Crippen molar-refractivity contribution >= 4 is 28.9 Å². The zero-order chi connectivity index (χ0) is 30.5. The third-order valence-electron chi connectivity index (χ3n) is 5.45. The van der Waals surface area contributed by atoms with Crippen molar-refractivity contribution in [3.05, 3.63) is 141 Å². The van der Waals surface area contributed by atoms with Crippen LogP contribution in [0.1, 0.15) is 29.0 Å². The van der Waals surface area contributed by atoms with Gasteiger partial charge in [0.1, 0.15) is 35.1 Å². The largest absolute Gasteiger partial charge is 0.507 e. The minimum Gasteiger partial charge on any atom is -0.507 e. The van der Waals surface area contributed by atoms with Gasteiger partial charge in [-0.3, -0.25) is 0 Å². The topological polar surface area (TPSA) is 160 Å². The first-order chi connectivity index (χ1) is 20.2. The van der Waals surface area contributed by atoms with Gasteiger partial charge < -0.3 is 20.4 Å². The van der Waals surface area contributed by atoms with Crippen LogP contribution in [-0.4, -0.2) is 35.4 Å². The van der Waals surface area contributed by atoms with Crippen molar-refractivity contribution in [3.63, 3.8) is 0 Å². The highest BCUT2D eigenvalue weighted by atomic mass is 35.5. The number of aromatic nitrogens is 3. The first-order valence-corrected chi connectivity index (χ1v) is 12.9. The molecule has 42 heavy (non-hydrogen) atoms. The predicted octanol–water partition coefficient (Wildman–Crippen LogP) is 7.05. The molecule has 2 atom stereocenters. The van der Waals surface area contributed by atoms with Gasteiger partial charge in [0.25, 0.3) is 0 Å². The van der Waals surface area contributed by atoms with Crippen LogP contribution in [0.15, 0.2) is 108 Å². The Morgan fingerprint density at radius 3 is 2.00 bits per heavy atom. The number of benzene rings is 4. The molecule has 0 saturated carbocycles. The number of nitrogens with zero attached hydrogens (tertiary/aromatic N) is 6. The molecule has 0 bridgehead atoms. The Bertz CT molecular complexity index is 1690. The van der Waals surface area contributed by atoms with E-state index in [2.05, 4.69) is 26.3 Å². The second-order valence-electron chi connectivity index (χ2n) is 8.34. The van der Waals surface area contributed by atoms with Crippen molar-refractivity contribution in [2.24, 2.45) is 5.11 Å². The number of azide groups is 1. The lowest BCUT2D eigenvalue weighted by molar-refractivity contribution is 0.215. The zero-order valence-electron chi connectivity index (χ0n) is 21.8. The highest BCUT2D eigenvalue weighted by Crippen LogP contribution is 2.29. The average Bonchev–Trinajstić information content (AvgIpc) is 3.51. The van der Waals surface area contributed by atoms with E-state index in [1.54, 1.807) is 42.6 Å². The molecule has 0 aliphatic rings. The average molecular weight is 603 g/mol. The molecule has 12 heteroatoms. The fourth-order valence-electron chi connectivity index (χ4n) is 3.36. The summed E-state index contributed by atoms with van der Waals surface area (Å²) in [6, 6.07) is 27.2. The molecule has 5 aromatic rings. The third kappa shape index (κ3) is 9.01. The quantitative estimate of drug-likeness (QED) is 0.0729. The van der Waals surface area contributed by atoms with Crippen molar-refractivity contribution in [1.29, 1.82) is 0 Å². The molecule has 0 amide bonds. The molecule has 0 spiro atoms. The van der Waals surface area contributed by atoms with Crippen molar-refractivity contribution in [3.8, 4) is 29.5 Å². The number of halogens is 2. The number of terminal acetylenes is 1. The minimum absolute atomic E-state index is 0.0325. The number of hydrogen-bond acceptors (Lipinski definition) is 7. The number of aliphatic hydroxyl groups excluding tert-OH is 2. The maximum Gasteiger partial charge on any atom is 0.141 e. The van der Waals surface area contributed by atoms with E-state index in [0.717, 1.165) is 11.1 Å². The number of phenols is 2. The van der Waals surface area contributed by atoms with Crippen LogP contribution in [0.3, 0.4) is 0 Å². The zero-order valence-corrected chi connectivity index (χ0v) is 23.3. The van der Waals surface area contributed by atoms with Gasteiger partial charge in [-0.05, 0) is 53.1 Å². The van der Waals surface area contributed by atoms with Crippen molar-refractivity contribution in [2.45, 2.75) is 12.2 Å². The standard InChI is InChI=1S/C15H12ClN3O2.C9H8O.C6H4ClN3O/c16-11-6-7-14(20)13(8-11)19-9-12(17-18-19)15(21)10-4-2-1-3-5-10;1-2-9(10)8-6-4-3-5-7-8;7-4-1-2-6(11)5(3-4)9-10-8/h1-9,15,20-21H;1,3-7,9-10H;1-3,11H. The fourth-order valence-corrected chi connectivity index (χ4v) is 3.70. The predicted molar refractivity (Wildman–Crippen MR) is 161 cm³/mol. The van der Waals surface area contributed by atoms with Crippen LogP contribution in [-0.2, 0) is 0 Å². The molecular formula is C30H24Cl2N6O4. The lowest BCUT2D eigenvalue weighted by Gasteiger charge is -2.06. The maximum absolute atomic E-state index is 10.3. The van der Waals surface area contributed by atoms with E-state index in [-0.39, 0.29) is 17.2 Å². The maximum atomic E-state index is 10.3. The highest BCUT2D eigenvalue weighted by Gasteiger charge is 2.16. The lowest BCUT2D eigenvalue weighted by Crippen LogP contribution is -1.99. The van der Waals surface area contributed by atoms with Crippen LogP contribution in [0.25, 0.3) is 16.1 Å². The van der Waals surface area contributed by atoms with Crippen LogP contribution in [0.2, 0.25) is 10.0 Å². The molecule has 5 rings (SSSR count). The van der Waals surface area contributed by atoms with Gasteiger partial charge in [-0.2, -0.15) is 0 Å². The van der Waals surface area contributed by atoms with Gasteiger partial charge in [0.05, 0.1) is 11.9 Å². The van der Waals surface area contributed by atoms with E-state index in [4.69, 9.17) is 45.4 Å². The molecular weight excluding hydrogens is 579 g/mol. The minimum atomic E-state index is -0.874. The van der Waals surface area contributed by atoms with Crippen LogP contribution < -0.4 is 0 Å². The summed E-state index contributed by atoms with van der Waals surface area (Å²) >= 11 is 11.5. The van der Waals surface area contributed by atoms with E-state index < -0.39 is 12.2 Å². The summed E-state index contributed by atoms with van der Waals surface area (Å²) in [7, 11) is 0. The summed E-state index contributed by atoms with van der Waals surface area (Å²) in [6.07, 6.45) is 4.93. The van der Waals surface area contributed by atoms with Gasteiger partial charge in [0, 0.05) is 15.0 Å². The third-order valence-corrected chi connectivity index (χ3v) is 5.92. The Kier molecular flexibility index (Phi) is 11.8. The summed E-state index contributed by atoms with van der Waals surface area (Å²) in [5.41, 5.74) is 10.5. The molecule has 0 aliphatic carbocycles. The summed E-state index contributed by atoms with van der Waals surface area (Å²) in [5, 5.41) is 50.2. The number of aromatic hydroxyl groups is 2. The first-order valence-electron chi connectivity index (χ1n) is 12.1. The van der Waals surface area contributed by atoms with Crippen LogP contribution in [0, 0.1) is 12.3 Å². The van der Waals surface area contributed by atoms with Crippen LogP contribution >= 0.6 is 23.2 Å². The van der Waals surface area contributed by atoms with Crippen molar-refractivity contribution in [1.82, 2.24) is 15.0 Å². The van der Waals surface area contributed by atoms with Gasteiger partial charge in [-0.25, -0.2) is 4.68 Å². The highest BCUT2D eigenvalue weighted by molar-refractivity contribution is 6.31. The Morgan fingerprint density at radius 1 is 0.833 bits per heavy atom. The molecule has 4 aromatic carbocycles. The normalized spacial score (nSPS) is 11.3. The van der Waals surface area contributed by atoms with Gasteiger partial charge >= 0.3 is 0 Å². The van der Waals surface area contributed by atoms with E-state index in [1.165, 1.54) is 28.9 Å². The second kappa shape index (κ2) is 15.7. The Hall–Kier alpha value is -5.01. The summed E-state index contributed by atoms with van der Waals surface area (Å²) < 4.78 is 1.38. The number of hydrogen-bond donors (Lipinski definition) is 4. The molecule has 212 valence electrons. The van der Waals surface area contributed by atoms with Gasteiger partial charge in [-0.1, -0.05) is 100 Å². The van der Waals surface area contributed by atoms with Gasteiger partial charge in [0.15, 0.2) is 0 Å². The number of phenolic OH excluding ortho intramolecular Hbond substituents is 2. The summed E-state index contributed by atoms with van der Waals surface area (Å²) in [4.78, 5) is 2.51. The van der Waals surface area contributed by atoms with E-state index >= 15 is 0 Å². The van der Waals surface area contributed by atoms with Gasteiger partial charge in [-0.15, -0.1) is 11.5 Å². The molecule has 2 unspecified atom stereocenters. The molecule has 4 N–H and O–H groups in total. The lowest BCUT2D eigenvalue weighted by atomic mass is 10.1. The molecule has 0 saturated heterocycles. The second-order valence-corrected chi connectivity index (χ2v) is 9.21. The Balaban J connectivity index is 0.000000194. The van der Waals surface area contributed by atoms with Crippen molar-refractivity contribution in [2.75, 3.05) is 0 Å². The number of aliphatic hydroxyl groups is 2. The van der Waals surface area contributed by atoms with E-state index in [9.17, 15) is 10.2 Å². The molecule has 10 nitrogen and oxygen atoms in total. The Labute approximate surface area is 251 Å². The first kappa shape index (κ1) is 31.5. The fraction of sp³-hybridized carbons (Fsp3) is 0.0667. The SMILES string of the molecule is C#CC(O)c1ccccc1.Oc1ccc(Cl)cc1-n1cc(C(O)c2ccccc2)nn1.[N-]=[N+]=Nc1cc(Cl)ccc1O. The van der Waals surface area contributed by atoms with Crippen LogP contribution in [0.5, 0.6) is 11.5 Å². The monoisotopic (exact) mass is 602 g/mol. The molecule has 1 aromatic heterocycles. The number of rotatable bonds is 5. The molecule has 0 aliphatic heterocycles. The summed E-state index contributed by atoms with van der Waals surface area (Å²) in [6.45, 7) is 0. The van der Waals surface area contributed by atoms with Crippen molar-refractivity contribution < 1.29 is 20.4 Å². The summed E-state index contributed by atoms with van der Waals surface area (Å²) in [5.74, 6) is 2.19. The molecule has 0 radical (unpaired) electrons. The molecule has 1 heterocycles. The van der Waals surface area contributed by atoms with Crippen LogP contribution in [0.4, 0.5) is 5.69 Å². The molecule has 0 fully saturated rings. The van der Waals surface area contributed by atoms with E-state index in [0.29, 0.717) is 21.4 Å². The van der Waals surface area contributed by atoms with E-state index in [1.807, 2.05) is 36.4 Å². The van der Waals surface area contributed by atoms with Gasteiger partial charge in [0.2, 0.25) is 0 Å². The smallest absolute Gasteiger partial charge is 0.141 e. The Morgan fingerprint density at radius 2 is 1.40 bits per heavy atom.